The number of amides is 2. The van der Waals surface area contributed by atoms with Crippen LogP contribution in [-0.2, 0) is 26.2 Å². The molecule has 196 valence electrons. The molecule has 3 aromatic rings. The van der Waals surface area contributed by atoms with Crippen molar-refractivity contribution >= 4 is 55.1 Å². The number of nitrogens with one attached hydrogen (secondary N) is 1. The highest BCUT2D eigenvalue weighted by Gasteiger charge is 2.32. The van der Waals surface area contributed by atoms with Gasteiger partial charge in [0.25, 0.3) is 10.0 Å². The van der Waals surface area contributed by atoms with Gasteiger partial charge in [-0.1, -0.05) is 63.4 Å². The number of sulfonamides is 1. The largest absolute Gasteiger partial charge is 0.357 e. The summed E-state index contributed by atoms with van der Waals surface area (Å²) in [7, 11) is -2.65. The van der Waals surface area contributed by atoms with Gasteiger partial charge in [-0.15, -0.1) is 0 Å². The van der Waals surface area contributed by atoms with Crippen molar-refractivity contribution in [2.75, 3.05) is 17.9 Å². The number of hydrogen-bond acceptors (Lipinski definition) is 4. The monoisotopic (exact) mass is 605 g/mol. The molecule has 0 unspecified atom stereocenters. The summed E-state index contributed by atoms with van der Waals surface area (Å²) in [5, 5.41) is 2.94. The first kappa shape index (κ1) is 28.7. The third kappa shape index (κ3) is 6.91. The lowest BCUT2D eigenvalue weighted by Crippen LogP contribution is -2.50. The number of carbonyl (C=O) groups is 2. The molecule has 37 heavy (non-hydrogen) atoms. The topological polar surface area (TPSA) is 86.8 Å². The Kier molecular flexibility index (Phi) is 9.39. The number of carbonyl (C=O) groups excluding carboxylic acids is 2. The fourth-order valence-electron chi connectivity index (χ4n) is 3.68. The van der Waals surface area contributed by atoms with Gasteiger partial charge in [0.2, 0.25) is 11.8 Å². The van der Waals surface area contributed by atoms with Gasteiger partial charge in [0.1, 0.15) is 12.6 Å². The van der Waals surface area contributed by atoms with Crippen LogP contribution in [0, 0.1) is 13.8 Å². The summed E-state index contributed by atoms with van der Waals surface area (Å²) >= 11 is 9.72. The maximum Gasteiger partial charge on any atom is 0.264 e. The van der Waals surface area contributed by atoms with E-state index in [2.05, 4.69) is 21.2 Å². The Bertz CT molecular complexity index is 1380. The molecule has 3 rings (SSSR count). The number of hydrogen-bond donors (Lipinski definition) is 1. The van der Waals surface area contributed by atoms with E-state index < -0.39 is 28.5 Å². The molecule has 3 aromatic carbocycles. The Morgan fingerprint density at radius 1 is 1.00 bits per heavy atom. The van der Waals surface area contributed by atoms with Crippen LogP contribution in [0.1, 0.15) is 23.6 Å². The van der Waals surface area contributed by atoms with Crippen LogP contribution in [0.25, 0.3) is 0 Å². The average molecular weight is 607 g/mol. The molecule has 1 N–H and O–H groups in total. The molecule has 7 nitrogen and oxygen atoms in total. The van der Waals surface area contributed by atoms with E-state index in [1.54, 1.807) is 38.1 Å². The number of rotatable bonds is 9. The van der Waals surface area contributed by atoms with E-state index in [9.17, 15) is 18.0 Å². The molecular weight excluding hydrogens is 578 g/mol. The first-order chi connectivity index (χ1) is 17.4. The first-order valence-electron chi connectivity index (χ1n) is 11.5. The molecule has 0 spiro atoms. The molecule has 1 atom stereocenters. The minimum absolute atomic E-state index is 0.0430. The maximum absolute atomic E-state index is 13.8. The molecule has 0 aliphatic rings. The standard InChI is InChI=1S/C27H29BrClN3O4S/c1-18-5-13-24(14-6-18)37(35,36)32(23-12-7-19(2)25(29)15-23)17-26(33)31(20(3)27(34)30-4)16-21-8-10-22(28)11-9-21/h5-15,20H,16-17H2,1-4H3,(H,30,34)/t20-/m1/s1. The molecule has 0 fully saturated rings. The summed E-state index contributed by atoms with van der Waals surface area (Å²) < 4.78 is 29.5. The zero-order valence-corrected chi connectivity index (χ0v) is 24.2. The lowest BCUT2D eigenvalue weighted by molar-refractivity contribution is -0.139. The smallest absolute Gasteiger partial charge is 0.264 e. The second-order valence-electron chi connectivity index (χ2n) is 8.70. The zero-order valence-electron chi connectivity index (χ0n) is 21.0. The van der Waals surface area contributed by atoms with Gasteiger partial charge in [-0.3, -0.25) is 13.9 Å². The van der Waals surface area contributed by atoms with Crippen molar-refractivity contribution in [3.8, 4) is 0 Å². The summed E-state index contributed by atoms with van der Waals surface area (Å²) in [6, 6.07) is 17.7. The number of anilines is 1. The van der Waals surface area contributed by atoms with Crippen LogP contribution in [-0.4, -0.2) is 44.8 Å². The van der Waals surface area contributed by atoms with E-state index in [0.29, 0.717) is 5.02 Å². The predicted octanol–water partition coefficient (Wildman–Crippen LogP) is 5.08. The molecule has 10 heteroatoms. The lowest BCUT2D eigenvalue weighted by Gasteiger charge is -2.32. The van der Waals surface area contributed by atoms with E-state index >= 15 is 0 Å². The number of benzene rings is 3. The van der Waals surface area contributed by atoms with E-state index in [4.69, 9.17) is 11.6 Å². The van der Waals surface area contributed by atoms with Gasteiger partial charge in [0.05, 0.1) is 10.6 Å². The third-order valence-electron chi connectivity index (χ3n) is 6.01. The van der Waals surface area contributed by atoms with E-state index in [1.165, 1.54) is 30.1 Å². The molecule has 0 aliphatic carbocycles. The Hall–Kier alpha value is -2.88. The molecule has 0 heterocycles. The normalized spacial score (nSPS) is 12.1. The zero-order chi connectivity index (χ0) is 27.3. The Morgan fingerprint density at radius 2 is 1.62 bits per heavy atom. The molecule has 0 bridgehead atoms. The van der Waals surface area contributed by atoms with Crippen LogP contribution in [0.4, 0.5) is 5.69 Å². The van der Waals surface area contributed by atoms with Gasteiger partial charge >= 0.3 is 0 Å². The van der Waals surface area contributed by atoms with Crippen LogP contribution in [0.3, 0.4) is 0 Å². The van der Waals surface area contributed by atoms with Crippen LogP contribution < -0.4 is 9.62 Å². The van der Waals surface area contributed by atoms with Crippen LogP contribution in [0.2, 0.25) is 5.02 Å². The lowest BCUT2D eigenvalue weighted by atomic mass is 10.1. The maximum atomic E-state index is 13.8. The molecular formula is C27H29BrClN3O4S. The molecule has 0 saturated heterocycles. The number of likely N-dealkylation sites (N-methyl/N-ethyl adjacent to an activating group) is 1. The van der Waals surface area contributed by atoms with Gasteiger partial charge in [0.15, 0.2) is 0 Å². The van der Waals surface area contributed by atoms with E-state index in [0.717, 1.165) is 25.5 Å². The molecule has 0 aliphatic heterocycles. The Balaban J connectivity index is 2.05. The van der Waals surface area contributed by atoms with Crippen molar-refractivity contribution < 1.29 is 18.0 Å². The second kappa shape index (κ2) is 12.1. The summed E-state index contributed by atoms with van der Waals surface area (Å²) in [4.78, 5) is 27.7. The second-order valence-corrected chi connectivity index (χ2v) is 11.9. The van der Waals surface area contributed by atoms with Gasteiger partial charge in [-0.25, -0.2) is 8.42 Å². The third-order valence-corrected chi connectivity index (χ3v) is 8.74. The number of halogens is 2. The summed E-state index contributed by atoms with van der Waals surface area (Å²) in [6.45, 7) is 4.87. The summed E-state index contributed by atoms with van der Waals surface area (Å²) in [5.41, 5.74) is 2.72. The minimum Gasteiger partial charge on any atom is -0.357 e. The summed E-state index contributed by atoms with van der Waals surface area (Å²) in [5.74, 6) is -0.900. The fraction of sp³-hybridized carbons (Fsp3) is 0.259. The fourth-order valence-corrected chi connectivity index (χ4v) is 5.53. The number of nitrogens with zero attached hydrogens (tertiary/aromatic N) is 2. The molecule has 0 aromatic heterocycles. The van der Waals surface area contributed by atoms with Crippen molar-refractivity contribution in [1.82, 2.24) is 10.2 Å². The Morgan fingerprint density at radius 3 is 2.19 bits per heavy atom. The van der Waals surface area contributed by atoms with Crippen molar-refractivity contribution in [1.29, 1.82) is 0 Å². The van der Waals surface area contributed by atoms with Crippen molar-refractivity contribution in [2.45, 2.75) is 38.3 Å². The van der Waals surface area contributed by atoms with Crippen LogP contribution in [0.5, 0.6) is 0 Å². The highest BCUT2D eigenvalue weighted by Crippen LogP contribution is 2.29. The van der Waals surface area contributed by atoms with E-state index in [1.807, 2.05) is 31.2 Å². The first-order valence-corrected chi connectivity index (χ1v) is 14.2. The predicted molar refractivity (Wildman–Crippen MR) is 150 cm³/mol. The van der Waals surface area contributed by atoms with Crippen molar-refractivity contribution in [3.63, 3.8) is 0 Å². The van der Waals surface area contributed by atoms with Crippen molar-refractivity contribution in [2.24, 2.45) is 0 Å². The molecule has 0 saturated carbocycles. The van der Waals surface area contributed by atoms with Gasteiger partial charge in [0, 0.05) is 23.1 Å². The SMILES string of the molecule is CNC(=O)[C@@H](C)N(Cc1ccc(Br)cc1)C(=O)CN(c1ccc(C)c(Cl)c1)S(=O)(=O)c1ccc(C)cc1. The van der Waals surface area contributed by atoms with Gasteiger partial charge in [-0.05, 0) is 68.3 Å². The van der Waals surface area contributed by atoms with Gasteiger partial charge in [-0.2, -0.15) is 0 Å². The number of aryl methyl sites for hydroxylation is 2. The molecule has 2 amide bonds. The average Bonchev–Trinajstić information content (AvgIpc) is 2.87. The minimum atomic E-state index is -4.14. The highest BCUT2D eigenvalue weighted by molar-refractivity contribution is 9.10. The van der Waals surface area contributed by atoms with Crippen LogP contribution in [0.15, 0.2) is 76.1 Å². The molecule has 0 radical (unpaired) electrons. The Labute approximate surface area is 231 Å². The highest BCUT2D eigenvalue weighted by atomic mass is 79.9. The van der Waals surface area contributed by atoms with Crippen molar-refractivity contribution in [3.05, 3.63) is 92.9 Å². The van der Waals surface area contributed by atoms with E-state index in [-0.39, 0.29) is 23.0 Å². The van der Waals surface area contributed by atoms with Gasteiger partial charge < -0.3 is 10.2 Å². The quantitative estimate of drug-likeness (QED) is 0.368. The summed E-state index contributed by atoms with van der Waals surface area (Å²) in [6.07, 6.45) is 0. The van der Waals surface area contributed by atoms with Crippen LogP contribution >= 0.6 is 27.5 Å².